The first-order chi connectivity index (χ1) is 16.0. The van der Waals surface area contributed by atoms with Crippen LogP contribution in [0.15, 0.2) is 4.99 Å². The number of carbonyl (C=O) groups is 3. The molecule has 10 nitrogen and oxygen atoms in total. The molecule has 11 heteroatoms. The monoisotopic (exact) mass is 498 g/mol. The van der Waals surface area contributed by atoms with E-state index in [0.29, 0.717) is 19.1 Å². The van der Waals surface area contributed by atoms with Gasteiger partial charge in [0, 0.05) is 31.0 Å². The molecule has 192 valence electrons. The zero-order valence-electron chi connectivity index (χ0n) is 20.8. The van der Waals surface area contributed by atoms with Gasteiger partial charge in [-0.05, 0) is 53.4 Å². The van der Waals surface area contributed by atoms with Crippen molar-refractivity contribution < 1.29 is 28.6 Å². The Kier molecular flexibility index (Phi) is 8.51. The highest BCUT2D eigenvalue weighted by atomic mass is 32.2. The molecule has 0 saturated carbocycles. The van der Waals surface area contributed by atoms with E-state index >= 15 is 0 Å². The van der Waals surface area contributed by atoms with E-state index in [4.69, 9.17) is 19.9 Å². The Morgan fingerprint density at radius 2 is 1.91 bits per heavy atom. The van der Waals surface area contributed by atoms with E-state index in [9.17, 15) is 14.4 Å². The normalized spacial score (nSPS) is 27.0. The lowest BCUT2D eigenvalue weighted by molar-refractivity contribution is -0.179. The molecule has 0 aromatic carbocycles. The number of ether oxygens (including phenoxy) is 3. The third-order valence-electron chi connectivity index (χ3n) is 6.30. The smallest absolute Gasteiger partial charge is 0.333 e. The van der Waals surface area contributed by atoms with Gasteiger partial charge in [-0.25, -0.2) is 4.79 Å². The van der Waals surface area contributed by atoms with Crippen LogP contribution in [-0.2, 0) is 28.6 Å². The predicted molar refractivity (Wildman–Crippen MR) is 129 cm³/mol. The summed E-state index contributed by atoms with van der Waals surface area (Å²) in [5.74, 6) is -0.688. The van der Waals surface area contributed by atoms with E-state index in [2.05, 4.69) is 9.89 Å². The molecule has 3 heterocycles. The van der Waals surface area contributed by atoms with Crippen LogP contribution in [0.1, 0.15) is 47.5 Å². The standard InChI is InChI=1S/C23H38N4O6S/c1-22(2,3)21(30)33-14-32-20(29)17-23(4,5)34-19-16(18(28)27(17)19)25-13-26-9-6-15(7-10-26)12-31-11-8-24/h13,15-17,19H,6-12,14,24H2,1-5H3/t16-,17+,19-/m1/s1. The fraction of sp³-hybridized carbons (Fsp3) is 0.826. The molecule has 0 aliphatic carbocycles. The Morgan fingerprint density at radius 1 is 1.24 bits per heavy atom. The Balaban J connectivity index is 1.50. The van der Waals surface area contributed by atoms with Crippen LogP contribution in [0.5, 0.6) is 0 Å². The molecular weight excluding hydrogens is 460 g/mol. The Morgan fingerprint density at radius 3 is 2.53 bits per heavy atom. The van der Waals surface area contributed by atoms with Crippen LogP contribution in [0, 0.1) is 11.3 Å². The highest BCUT2D eigenvalue weighted by molar-refractivity contribution is 8.01. The van der Waals surface area contributed by atoms with E-state index in [1.807, 2.05) is 13.8 Å². The van der Waals surface area contributed by atoms with Crippen molar-refractivity contribution in [2.45, 2.75) is 69.7 Å². The lowest BCUT2D eigenvalue weighted by atomic mass is 9.96. The molecule has 2 N–H and O–H groups in total. The number of nitrogens with two attached hydrogens (primary N) is 1. The number of thioether (sulfide) groups is 1. The predicted octanol–water partition coefficient (Wildman–Crippen LogP) is 1.22. The number of nitrogens with zero attached hydrogens (tertiary/aromatic N) is 3. The molecule has 3 aliphatic rings. The summed E-state index contributed by atoms with van der Waals surface area (Å²) in [6, 6.07) is -1.26. The van der Waals surface area contributed by atoms with Crippen LogP contribution in [0.4, 0.5) is 0 Å². The van der Waals surface area contributed by atoms with E-state index in [-0.39, 0.29) is 11.3 Å². The summed E-state index contributed by atoms with van der Waals surface area (Å²) in [6.45, 7) is 12.1. The quantitative estimate of drug-likeness (QED) is 0.125. The molecule has 0 aromatic heterocycles. The van der Waals surface area contributed by atoms with Crippen LogP contribution in [0.3, 0.4) is 0 Å². The lowest BCUT2D eigenvalue weighted by Crippen LogP contribution is -2.65. The number of hydrogen-bond acceptors (Lipinski definition) is 9. The van der Waals surface area contributed by atoms with Gasteiger partial charge in [-0.2, -0.15) is 0 Å². The SMILES string of the molecule is CC(C)(C)C(=O)OCOC(=O)[C@@H]1N2C(=O)[C@@H](N=CN3CCC(COCCN)CC3)[C@H]2SC1(C)C. The molecule has 3 rings (SSSR count). The van der Waals surface area contributed by atoms with E-state index in [0.717, 1.165) is 32.5 Å². The highest BCUT2D eigenvalue weighted by Crippen LogP contribution is 2.51. The number of amides is 1. The lowest BCUT2D eigenvalue weighted by Gasteiger charge is -2.42. The molecular formula is C23H38N4O6S. The number of piperidine rings is 1. The van der Waals surface area contributed by atoms with Gasteiger partial charge in [0.15, 0.2) is 6.04 Å². The molecule has 0 spiro atoms. The average Bonchev–Trinajstić information content (AvgIpc) is 3.02. The Bertz CT molecular complexity index is 791. The van der Waals surface area contributed by atoms with Gasteiger partial charge in [0.1, 0.15) is 11.4 Å². The van der Waals surface area contributed by atoms with Crippen molar-refractivity contribution >= 4 is 35.9 Å². The molecule has 34 heavy (non-hydrogen) atoms. The third kappa shape index (κ3) is 6.04. The number of carbonyl (C=O) groups excluding carboxylic acids is 3. The summed E-state index contributed by atoms with van der Waals surface area (Å²) < 4.78 is 15.3. The number of aliphatic imine (C=N–C) groups is 1. The maximum absolute atomic E-state index is 12.9. The largest absolute Gasteiger partial charge is 0.427 e. The van der Waals surface area contributed by atoms with Crippen molar-refractivity contribution in [1.82, 2.24) is 9.80 Å². The van der Waals surface area contributed by atoms with Gasteiger partial charge < -0.3 is 29.7 Å². The van der Waals surface area contributed by atoms with Gasteiger partial charge in [-0.1, -0.05) is 0 Å². The molecule has 3 aliphatic heterocycles. The number of likely N-dealkylation sites (tertiary alicyclic amines) is 1. The fourth-order valence-corrected chi connectivity index (χ4v) is 5.90. The first kappa shape index (κ1) is 26.7. The summed E-state index contributed by atoms with van der Waals surface area (Å²) >= 11 is 1.55. The average molecular weight is 499 g/mol. The number of rotatable bonds is 9. The molecule has 0 aromatic rings. The minimum atomic E-state index is -0.751. The first-order valence-electron chi connectivity index (χ1n) is 11.8. The van der Waals surface area contributed by atoms with E-state index < -0.39 is 41.0 Å². The zero-order valence-corrected chi connectivity index (χ0v) is 21.6. The van der Waals surface area contributed by atoms with Crippen LogP contribution < -0.4 is 5.73 Å². The molecule has 3 atom stereocenters. The van der Waals surface area contributed by atoms with Gasteiger partial charge >= 0.3 is 11.9 Å². The second kappa shape index (κ2) is 10.8. The number of fused-ring (bicyclic) bond motifs is 1. The molecule has 3 saturated heterocycles. The number of β-lactam (4-membered cyclic amide) rings is 1. The van der Waals surface area contributed by atoms with Gasteiger partial charge in [-0.3, -0.25) is 14.6 Å². The molecule has 0 bridgehead atoms. The van der Waals surface area contributed by atoms with Crippen molar-refractivity contribution in [2.24, 2.45) is 22.1 Å². The summed E-state index contributed by atoms with van der Waals surface area (Å²) in [5, 5.41) is -0.212. The molecule has 0 radical (unpaired) electrons. The van der Waals surface area contributed by atoms with Crippen molar-refractivity contribution in [3.8, 4) is 0 Å². The summed E-state index contributed by atoms with van der Waals surface area (Å²) in [4.78, 5) is 45.8. The Labute approximate surface area is 205 Å². The molecule has 1 amide bonds. The zero-order chi connectivity index (χ0) is 25.1. The van der Waals surface area contributed by atoms with Gasteiger partial charge in [0.2, 0.25) is 6.79 Å². The minimum Gasteiger partial charge on any atom is -0.427 e. The first-order valence-corrected chi connectivity index (χ1v) is 12.7. The second-order valence-corrected chi connectivity index (χ2v) is 12.3. The number of esters is 2. The van der Waals surface area contributed by atoms with Crippen molar-refractivity contribution in [1.29, 1.82) is 0 Å². The van der Waals surface area contributed by atoms with E-state index in [1.54, 1.807) is 43.8 Å². The maximum atomic E-state index is 12.9. The highest BCUT2D eigenvalue weighted by Gasteiger charge is 2.64. The van der Waals surface area contributed by atoms with Crippen molar-refractivity contribution in [3.63, 3.8) is 0 Å². The summed E-state index contributed by atoms with van der Waals surface area (Å²) in [6.07, 6.45) is 3.81. The van der Waals surface area contributed by atoms with Gasteiger partial charge in [0.25, 0.3) is 5.91 Å². The fourth-order valence-electron chi connectivity index (χ4n) is 4.28. The Hall–Kier alpha value is -1.85. The van der Waals surface area contributed by atoms with Gasteiger partial charge in [0.05, 0.1) is 18.4 Å². The second-order valence-electron chi connectivity index (χ2n) is 10.6. The van der Waals surface area contributed by atoms with Crippen LogP contribution in [-0.4, -0.2) is 95.8 Å². The number of hydrogen-bond donors (Lipinski definition) is 1. The molecule has 0 unspecified atom stereocenters. The minimum absolute atomic E-state index is 0.182. The van der Waals surface area contributed by atoms with Crippen molar-refractivity contribution in [2.75, 3.05) is 39.6 Å². The van der Waals surface area contributed by atoms with Gasteiger partial charge in [-0.15, -0.1) is 11.8 Å². The van der Waals surface area contributed by atoms with E-state index in [1.165, 1.54) is 0 Å². The summed E-state index contributed by atoms with van der Waals surface area (Å²) in [5.41, 5.74) is 4.77. The third-order valence-corrected chi connectivity index (χ3v) is 7.85. The maximum Gasteiger partial charge on any atom is 0.333 e. The molecule has 3 fully saturated rings. The van der Waals surface area contributed by atoms with Crippen LogP contribution >= 0.6 is 11.8 Å². The summed E-state index contributed by atoms with van der Waals surface area (Å²) in [7, 11) is 0. The van der Waals surface area contributed by atoms with Crippen molar-refractivity contribution in [3.05, 3.63) is 0 Å². The van der Waals surface area contributed by atoms with Crippen LogP contribution in [0.2, 0.25) is 0 Å². The van der Waals surface area contributed by atoms with Crippen LogP contribution in [0.25, 0.3) is 0 Å². The topological polar surface area (TPSA) is 124 Å².